The van der Waals surface area contributed by atoms with E-state index in [1.807, 2.05) is 11.0 Å². The van der Waals surface area contributed by atoms with Gasteiger partial charge in [0, 0.05) is 45.9 Å². The van der Waals surface area contributed by atoms with Crippen molar-refractivity contribution < 1.29 is 9.18 Å². The number of hydrogen-bond acceptors (Lipinski definition) is 4. The predicted molar refractivity (Wildman–Crippen MR) is 94.9 cm³/mol. The third kappa shape index (κ3) is 3.44. The number of rotatable bonds is 1. The van der Waals surface area contributed by atoms with Crippen molar-refractivity contribution in [2.75, 3.05) is 33.2 Å². The zero-order valence-electron chi connectivity index (χ0n) is 14.5. The number of aliphatic imine (C=N–C) groups is 1. The zero-order valence-corrected chi connectivity index (χ0v) is 14.5. The van der Waals surface area contributed by atoms with Crippen LogP contribution in [0.25, 0.3) is 0 Å². The first-order valence-electron chi connectivity index (χ1n) is 8.32. The summed E-state index contributed by atoms with van der Waals surface area (Å²) in [6, 6.07) is 5.40. The number of guanidine groups is 1. The molecule has 3 rings (SSSR count). The fourth-order valence-corrected chi connectivity index (χ4v) is 3.16. The van der Waals surface area contributed by atoms with Crippen LogP contribution in [0.3, 0.4) is 0 Å². The van der Waals surface area contributed by atoms with E-state index in [2.05, 4.69) is 10.1 Å². The summed E-state index contributed by atoms with van der Waals surface area (Å²) < 4.78 is 13.8. The highest BCUT2D eigenvalue weighted by Gasteiger charge is 2.33. The monoisotopic (exact) mass is 357 g/mol. The van der Waals surface area contributed by atoms with Crippen LogP contribution in [0.2, 0.25) is 0 Å². The van der Waals surface area contributed by atoms with E-state index in [4.69, 9.17) is 11.0 Å². The van der Waals surface area contributed by atoms with E-state index in [-0.39, 0.29) is 11.6 Å². The lowest BCUT2D eigenvalue weighted by Gasteiger charge is -2.37. The third-order valence-electron chi connectivity index (χ3n) is 4.56. The largest absolute Gasteiger partial charge is 0.370 e. The molecular weight excluding hydrogens is 337 g/mol. The number of carbonyl (C=O) groups is 1. The molecule has 1 saturated heterocycles. The molecule has 9 heteroatoms. The van der Waals surface area contributed by atoms with E-state index in [1.165, 1.54) is 17.1 Å². The number of urea groups is 1. The van der Waals surface area contributed by atoms with E-state index in [0.29, 0.717) is 44.1 Å². The minimum absolute atomic E-state index is 0.224. The highest BCUT2D eigenvalue weighted by atomic mass is 19.1. The summed E-state index contributed by atoms with van der Waals surface area (Å²) in [5, 5.41) is 14.6. The maximum absolute atomic E-state index is 13.8. The molecule has 1 atom stereocenters. The van der Waals surface area contributed by atoms with E-state index < -0.39 is 11.9 Å². The molecule has 1 aromatic carbocycles. The summed E-state index contributed by atoms with van der Waals surface area (Å²) in [5.74, 6) is -0.0424. The first-order chi connectivity index (χ1) is 12.5. The van der Waals surface area contributed by atoms with Crippen LogP contribution in [-0.4, -0.2) is 66.2 Å². The molecule has 0 unspecified atom stereocenters. The van der Waals surface area contributed by atoms with Gasteiger partial charge in [0.2, 0.25) is 0 Å². The number of piperazine rings is 1. The summed E-state index contributed by atoms with van der Waals surface area (Å²) in [4.78, 5) is 20.4. The number of nitrogens with two attached hydrogens (primary N) is 1. The van der Waals surface area contributed by atoms with Crippen LogP contribution >= 0.6 is 0 Å². The first-order valence-corrected chi connectivity index (χ1v) is 8.32. The standard InChI is InChI=1S/C17H20FN7O/c1-21-16(20)23-4-6-24(7-5-23)17(26)25-15(2-3-22-25)13-8-12(11-19)9-14(18)10-13/h3,8-10,15H,2,4-7H2,1H3,(H2,20,21)/t15-/m0/s1. The van der Waals surface area contributed by atoms with Crippen molar-refractivity contribution in [2.24, 2.45) is 15.8 Å². The molecule has 26 heavy (non-hydrogen) atoms. The predicted octanol–water partition coefficient (Wildman–Crippen LogP) is 1.11. The smallest absolute Gasteiger partial charge is 0.341 e. The summed E-state index contributed by atoms with van der Waals surface area (Å²) >= 11 is 0. The van der Waals surface area contributed by atoms with Crippen molar-refractivity contribution in [3.63, 3.8) is 0 Å². The van der Waals surface area contributed by atoms with Crippen molar-refractivity contribution in [3.8, 4) is 6.07 Å². The minimum atomic E-state index is -0.499. The molecular formula is C17H20FN7O. The molecule has 2 aliphatic rings. The number of benzene rings is 1. The number of halogens is 1. The SMILES string of the molecule is CN=C(N)N1CCN(C(=O)N2N=CC[C@H]2c2cc(F)cc(C#N)c2)CC1. The Labute approximate surface area is 151 Å². The maximum Gasteiger partial charge on any atom is 0.341 e. The van der Waals surface area contributed by atoms with Crippen LogP contribution in [0.4, 0.5) is 9.18 Å². The number of carbonyl (C=O) groups excluding carboxylic acids is 1. The normalized spacial score (nSPS) is 20.4. The van der Waals surface area contributed by atoms with Crippen LogP contribution in [-0.2, 0) is 0 Å². The highest BCUT2D eigenvalue weighted by Crippen LogP contribution is 2.30. The Bertz CT molecular complexity index is 793. The van der Waals surface area contributed by atoms with Gasteiger partial charge in [0.1, 0.15) is 5.82 Å². The van der Waals surface area contributed by atoms with Gasteiger partial charge in [-0.25, -0.2) is 14.2 Å². The van der Waals surface area contributed by atoms with Crippen molar-refractivity contribution in [2.45, 2.75) is 12.5 Å². The van der Waals surface area contributed by atoms with Crippen LogP contribution < -0.4 is 5.73 Å². The van der Waals surface area contributed by atoms with Gasteiger partial charge in [-0.05, 0) is 23.8 Å². The van der Waals surface area contributed by atoms with Gasteiger partial charge in [-0.2, -0.15) is 10.4 Å². The van der Waals surface area contributed by atoms with Crippen LogP contribution in [0.5, 0.6) is 0 Å². The molecule has 0 bridgehead atoms. The first kappa shape index (κ1) is 17.7. The Morgan fingerprint density at radius 3 is 2.65 bits per heavy atom. The molecule has 8 nitrogen and oxygen atoms in total. The van der Waals surface area contributed by atoms with Crippen molar-refractivity contribution in [1.29, 1.82) is 5.26 Å². The van der Waals surface area contributed by atoms with E-state index in [0.717, 1.165) is 0 Å². The van der Waals surface area contributed by atoms with Gasteiger partial charge in [0.15, 0.2) is 5.96 Å². The highest BCUT2D eigenvalue weighted by molar-refractivity contribution is 5.80. The molecule has 2 aliphatic heterocycles. The molecule has 2 amide bonds. The molecule has 0 aliphatic carbocycles. The Morgan fingerprint density at radius 2 is 2.00 bits per heavy atom. The van der Waals surface area contributed by atoms with Gasteiger partial charge in [-0.3, -0.25) is 4.99 Å². The second kappa shape index (κ2) is 7.39. The summed E-state index contributed by atoms with van der Waals surface area (Å²) in [6.45, 7) is 2.19. The Kier molecular flexibility index (Phi) is 5.02. The number of hydrogen-bond donors (Lipinski definition) is 1. The van der Waals surface area contributed by atoms with Crippen molar-refractivity contribution in [1.82, 2.24) is 14.8 Å². The number of amides is 2. The average molecular weight is 357 g/mol. The van der Waals surface area contributed by atoms with E-state index in [9.17, 15) is 9.18 Å². The van der Waals surface area contributed by atoms with Crippen LogP contribution in [0.1, 0.15) is 23.6 Å². The number of hydrazone groups is 1. The minimum Gasteiger partial charge on any atom is -0.370 e. The summed E-state index contributed by atoms with van der Waals surface area (Å²) in [6.07, 6.45) is 2.12. The fraction of sp³-hybridized carbons (Fsp3) is 0.412. The lowest BCUT2D eigenvalue weighted by atomic mass is 10.0. The molecule has 2 N–H and O–H groups in total. The molecule has 0 spiro atoms. The molecule has 0 saturated carbocycles. The molecule has 0 aromatic heterocycles. The summed E-state index contributed by atoms with van der Waals surface area (Å²) in [5.41, 5.74) is 6.60. The van der Waals surface area contributed by atoms with Gasteiger partial charge in [0.25, 0.3) is 0 Å². The lowest BCUT2D eigenvalue weighted by molar-refractivity contribution is 0.123. The Hall–Kier alpha value is -3.15. The van der Waals surface area contributed by atoms with Crippen LogP contribution in [0.15, 0.2) is 28.3 Å². The maximum atomic E-state index is 13.8. The summed E-state index contributed by atoms with van der Waals surface area (Å²) in [7, 11) is 1.63. The van der Waals surface area contributed by atoms with E-state index in [1.54, 1.807) is 24.2 Å². The van der Waals surface area contributed by atoms with Crippen molar-refractivity contribution in [3.05, 3.63) is 35.1 Å². The fourth-order valence-electron chi connectivity index (χ4n) is 3.16. The Balaban J connectivity index is 1.73. The zero-order chi connectivity index (χ0) is 18.7. The van der Waals surface area contributed by atoms with Gasteiger partial charge in [-0.15, -0.1) is 0 Å². The van der Waals surface area contributed by atoms with Gasteiger partial charge >= 0.3 is 6.03 Å². The molecule has 136 valence electrons. The number of nitrogens with zero attached hydrogens (tertiary/aromatic N) is 6. The number of nitriles is 1. The van der Waals surface area contributed by atoms with Crippen LogP contribution in [0, 0.1) is 17.1 Å². The second-order valence-corrected chi connectivity index (χ2v) is 6.12. The topological polar surface area (TPSA) is 101 Å². The Morgan fingerprint density at radius 1 is 1.31 bits per heavy atom. The average Bonchev–Trinajstić information content (AvgIpc) is 3.16. The quantitative estimate of drug-likeness (QED) is 0.601. The van der Waals surface area contributed by atoms with Gasteiger partial charge in [0.05, 0.1) is 17.7 Å². The van der Waals surface area contributed by atoms with Gasteiger partial charge in [-0.1, -0.05) is 0 Å². The molecule has 2 heterocycles. The molecule has 1 aromatic rings. The second-order valence-electron chi connectivity index (χ2n) is 6.12. The lowest BCUT2D eigenvalue weighted by Crippen LogP contribution is -2.54. The van der Waals surface area contributed by atoms with E-state index >= 15 is 0 Å². The van der Waals surface area contributed by atoms with Gasteiger partial charge < -0.3 is 15.5 Å². The van der Waals surface area contributed by atoms with Crippen molar-refractivity contribution >= 4 is 18.2 Å². The third-order valence-corrected chi connectivity index (χ3v) is 4.56. The molecule has 1 fully saturated rings. The molecule has 0 radical (unpaired) electrons.